The first-order valence-electron chi connectivity index (χ1n) is 5.94. The Balaban J connectivity index is 2.68. The van der Waals surface area contributed by atoms with Gasteiger partial charge in [0.1, 0.15) is 0 Å². The van der Waals surface area contributed by atoms with E-state index in [0.29, 0.717) is 12.1 Å². The second-order valence-corrected chi connectivity index (χ2v) is 4.62. The molecule has 0 spiro atoms. The van der Waals surface area contributed by atoms with E-state index >= 15 is 0 Å². The highest BCUT2D eigenvalue weighted by molar-refractivity contribution is 4.87. The van der Waals surface area contributed by atoms with Crippen molar-refractivity contribution in [1.82, 2.24) is 9.80 Å². The Labute approximate surface area is 93.9 Å². The van der Waals surface area contributed by atoms with Crippen LogP contribution in [0.4, 0.5) is 0 Å². The fourth-order valence-electron chi connectivity index (χ4n) is 2.42. The maximum absolute atomic E-state index is 5.69. The van der Waals surface area contributed by atoms with E-state index < -0.39 is 0 Å². The molecule has 1 aliphatic rings. The molecule has 0 aromatic rings. The van der Waals surface area contributed by atoms with E-state index in [1.54, 1.807) is 0 Å². The fourth-order valence-corrected chi connectivity index (χ4v) is 2.42. The van der Waals surface area contributed by atoms with Crippen LogP contribution in [0.1, 0.15) is 19.8 Å². The highest BCUT2D eigenvalue weighted by Crippen LogP contribution is 2.17. The topological polar surface area (TPSA) is 32.5 Å². The van der Waals surface area contributed by atoms with Crippen LogP contribution in [0.3, 0.4) is 0 Å². The number of likely N-dealkylation sites (N-methyl/N-ethyl adjacent to an activating group) is 1. The zero-order chi connectivity index (χ0) is 11.3. The minimum Gasteiger partial charge on any atom is -0.330 e. The summed E-state index contributed by atoms with van der Waals surface area (Å²) in [5.74, 6) is 0. The molecule has 0 radical (unpaired) electrons. The SMILES string of the molecule is C=CCN1C(C)CCN(C)CC1CCN. The number of rotatable bonds is 4. The summed E-state index contributed by atoms with van der Waals surface area (Å²) in [5.41, 5.74) is 5.69. The maximum atomic E-state index is 5.69. The lowest BCUT2D eigenvalue weighted by Gasteiger charge is -2.33. The third kappa shape index (κ3) is 3.59. The third-order valence-electron chi connectivity index (χ3n) is 3.33. The molecular weight excluding hydrogens is 186 g/mol. The minimum atomic E-state index is 0.593. The van der Waals surface area contributed by atoms with E-state index in [1.807, 2.05) is 6.08 Å². The van der Waals surface area contributed by atoms with E-state index in [0.717, 1.165) is 26.1 Å². The molecule has 2 atom stereocenters. The van der Waals surface area contributed by atoms with Crippen LogP contribution in [0, 0.1) is 0 Å². The molecule has 1 rings (SSSR count). The van der Waals surface area contributed by atoms with Gasteiger partial charge >= 0.3 is 0 Å². The second kappa shape index (κ2) is 6.26. The molecule has 1 fully saturated rings. The van der Waals surface area contributed by atoms with Gasteiger partial charge in [-0.2, -0.15) is 0 Å². The molecule has 0 saturated carbocycles. The molecule has 1 aliphatic heterocycles. The average Bonchev–Trinajstić information content (AvgIpc) is 2.33. The van der Waals surface area contributed by atoms with Gasteiger partial charge in [-0.05, 0) is 39.9 Å². The Bertz CT molecular complexity index is 193. The summed E-state index contributed by atoms with van der Waals surface area (Å²) in [6, 6.07) is 1.24. The van der Waals surface area contributed by atoms with Crippen LogP contribution >= 0.6 is 0 Å². The van der Waals surface area contributed by atoms with Gasteiger partial charge in [0, 0.05) is 25.2 Å². The summed E-state index contributed by atoms with van der Waals surface area (Å²) in [4.78, 5) is 4.96. The Morgan fingerprint density at radius 3 is 2.87 bits per heavy atom. The third-order valence-corrected chi connectivity index (χ3v) is 3.33. The molecule has 2 N–H and O–H groups in total. The summed E-state index contributed by atoms with van der Waals surface area (Å²) in [6.45, 7) is 10.2. The molecule has 88 valence electrons. The largest absolute Gasteiger partial charge is 0.330 e. The summed E-state index contributed by atoms with van der Waals surface area (Å²) < 4.78 is 0. The lowest BCUT2D eigenvalue weighted by atomic mass is 10.1. The Hall–Kier alpha value is -0.380. The van der Waals surface area contributed by atoms with Gasteiger partial charge < -0.3 is 10.6 Å². The van der Waals surface area contributed by atoms with Crippen molar-refractivity contribution in [3.8, 4) is 0 Å². The normalized spacial score (nSPS) is 30.1. The first-order valence-corrected chi connectivity index (χ1v) is 5.94. The molecule has 0 amide bonds. The van der Waals surface area contributed by atoms with Gasteiger partial charge in [-0.15, -0.1) is 6.58 Å². The average molecular weight is 211 g/mol. The van der Waals surface area contributed by atoms with Gasteiger partial charge in [0.05, 0.1) is 0 Å². The molecule has 1 saturated heterocycles. The molecule has 3 heteroatoms. The predicted octanol–water partition coefficient (Wildman–Crippen LogP) is 0.916. The standard InChI is InChI=1S/C12H25N3/c1-4-8-15-11(2)6-9-14(3)10-12(15)5-7-13/h4,11-12H,1,5-10,13H2,2-3H3. The first kappa shape index (κ1) is 12.7. The summed E-state index contributed by atoms with van der Waals surface area (Å²) in [6.07, 6.45) is 4.33. The molecule has 0 bridgehead atoms. The van der Waals surface area contributed by atoms with Gasteiger partial charge in [0.15, 0.2) is 0 Å². The van der Waals surface area contributed by atoms with E-state index in [9.17, 15) is 0 Å². The van der Waals surface area contributed by atoms with E-state index in [1.165, 1.54) is 13.0 Å². The van der Waals surface area contributed by atoms with Gasteiger partial charge in [0.25, 0.3) is 0 Å². The van der Waals surface area contributed by atoms with Gasteiger partial charge in [-0.1, -0.05) is 6.08 Å². The summed E-state index contributed by atoms with van der Waals surface area (Å²) in [7, 11) is 2.20. The molecule has 0 aromatic heterocycles. The predicted molar refractivity (Wildman–Crippen MR) is 65.9 cm³/mol. The fraction of sp³-hybridized carbons (Fsp3) is 0.833. The zero-order valence-electron chi connectivity index (χ0n) is 10.2. The van der Waals surface area contributed by atoms with Gasteiger partial charge in [-0.3, -0.25) is 4.90 Å². The van der Waals surface area contributed by atoms with Crippen molar-refractivity contribution in [2.24, 2.45) is 5.73 Å². The first-order chi connectivity index (χ1) is 7.19. The monoisotopic (exact) mass is 211 g/mol. The van der Waals surface area contributed by atoms with Gasteiger partial charge in [0.2, 0.25) is 0 Å². The molecular formula is C12H25N3. The molecule has 0 aromatic carbocycles. The van der Waals surface area contributed by atoms with Crippen molar-refractivity contribution in [2.75, 3.05) is 33.2 Å². The van der Waals surface area contributed by atoms with Crippen LogP contribution in [0.2, 0.25) is 0 Å². The molecule has 0 aliphatic carbocycles. The van der Waals surface area contributed by atoms with Crippen LogP contribution in [0.25, 0.3) is 0 Å². The van der Waals surface area contributed by atoms with Crippen molar-refractivity contribution < 1.29 is 0 Å². The van der Waals surface area contributed by atoms with Crippen molar-refractivity contribution in [3.05, 3.63) is 12.7 Å². The van der Waals surface area contributed by atoms with Crippen molar-refractivity contribution in [2.45, 2.75) is 31.8 Å². The smallest absolute Gasteiger partial charge is 0.0241 e. The Morgan fingerprint density at radius 1 is 1.53 bits per heavy atom. The van der Waals surface area contributed by atoms with Crippen molar-refractivity contribution >= 4 is 0 Å². The van der Waals surface area contributed by atoms with Crippen molar-refractivity contribution in [1.29, 1.82) is 0 Å². The number of hydrogen-bond acceptors (Lipinski definition) is 3. The van der Waals surface area contributed by atoms with Crippen LogP contribution in [0.5, 0.6) is 0 Å². The number of nitrogens with two attached hydrogens (primary N) is 1. The molecule has 3 nitrogen and oxygen atoms in total. The molecule has 2 unspecified atom stereocenters. The van der Waals surface area contributed by atoms with Crippen LogP contribution in [-0.4, -0.2) is 55.1 Å². The molecule has 1 heterocycles. The van der Waals surface area contributed by atoms with Crippen molar-refractivity contribution in [3.63, 3.8) is 0 Å². The van der Waals surface area contributed by atoms with E-state index in [4.69, 9.17) is 5.73 Å². The maximum Gasteiger partial charge on any atom is 0.0241 e. The Morgan fingerprint density at radius 2 is 2.27 bits per heavy atom. The second-order valence-electron chi connectivity index (χ2n) is 4.62. The van der Waals surface area contributed by atoms with Crippen LogP contribution < -0.4 is 5.73 Å². The lowest BCUT2D eigenvalue weighted by Crippen LogP contribution is -2.44. The summed E-state index contributed by atoms with van der Waals surface area (Å²) >= 11 is 0. The minimum absolute atomic E-state index is 0.593. The zero-order valence-corrected chi connectivity index (χ0v) is 10.2. The highest BCUT2D eigenvalue weighted by Gasteiger charge is 2.26. The van der Waals surface area contributed by atoms with Crippen LogP contribution in [-0.2, 0) is 0 Å². The summed E-state index contributed by atoms with van der Waals surface area (Å²) in [5, 5.41) is 0. The van der Waals surface area contributed by atoms with E-state index in [-0.39, 0.29) is 0 Å². The van der Waals surface area contributed by atoms with Gasteiger partial charge in [-0.25, -0.2) is 0 Å². The number of hydrogen-bond donors (Lipinski definition) is 1. The lowest BCUT2D eigenvalue weighted by molar-refractivity contribution is 0.155. The Kier molecular flexibility index (Phi) is 5.29. The van der Waals surface area contributed by atoms with Crippen LogP contribution in [0.15, 0.2) is 12.7 Å². The van der Waals surface area contributed by atoms with E-state index in [2.05, 4.69) is 30.4 Å². The molecule has 15 heavy (non-hydrogen) atoms. The number of nitrogens with zero attached hydrogens (tertiary/aromatic N) is 2. The quantitative estimate of drug-likeness (QED) is 0.702. The highest BCUT2D eigenvalue weighted by atomic mass is 15.2.